The maximum Gasteiger partial charge on any atom is 0.416 e. The number of aromatic nitrogens is 2. The van der Waals surface area contributed by atoms with Crippen LogP contribution in [-0.2, 0) is 12.4 Å². The summed E-state index contributed by atoms with van der Waals surface area (Å²) in [6.07, 6.45) is -9.90. The topological polar surface area (TPSA) is 38.9 Å². The Balaban J connectivity index is 2.11. The molecule has 0 saturated carbocycles. The zero-order valence-corrected chi connectivity index (χ0v) is 13.1. The number of alkyl halides is 6. The summed E-state index contributed by atoms with van der Waals surface area (Å²) < 4.78 is 82.5. The van der Waals surface area contributed by atoms with Gasteiger partial charge in [-0.2, -0.15) is 31.3 Å². The second-order valence-corrected chi connectivity index (χ2v) is 5.53. The van der Waals surface area contributed by atoms with Crippen molar-refractivity contribution in [1.82, 2.24) is 10.1 Å². The van der Waals surface area contributed by atoms with Gasteiger partial charge in [0.05, 0.1) is 11.1 Å². The highest BCUT2D eigenvalue weighted by Crippen LogP contribution is 2.38. The first-order valence-electron chi connectivity index (χ1n) is 7.25. The second kappa shape index (κ2) is 6.15. The third kappa shape index (κ3) is 3.56. The first-order chi connectivity index (χ1) is 12.1. The number of rotatable bonds is 2. The highest BCUT2D eigenvalue weighted by Gasteiger charge is 2.37. The van der Waals surface area contributed by atoms with Gasteiger partial charge in [0.1, 0.15) is 0 Å². The summed E-state index contributed by atoms with van der Waals surface area (Å²) >= 11 is 0. The molecular weight excluding hydrogens is 362 g/mol. The van der Waals surface area contributed by atoms with Crippen LogP contribution in [0.3, 0.4) is 0 Å². The molecule has 0 aliphatic rings. The lowest BCUT2D eigenvalue weighted by molar-refractivity contribution is -0.143. The number of aryl methyl sites for hydroxylation is 1. The Labute approximate surface area is 143 Å². The van der Waals surface area contributed by atoms with Crippen molar-refractivity contribution < 1.29 is 30.9 Å². The first kappa shape index (κ1) is 18.0. The van der Waals surface area contributed by atoms with Crippen LogP contribution in [-0.4, -0.2) is 10.1 Å². The van der Waals surface area contributed by atoms with Crippen molar-refractivity contribution in [3.63, 3.8) is 0 Å². The summed E-state index contributed by atoms with van der Waals surface area (Å²) in [4.78, 5) is 3.95. The van der Waals surface area contributed by atoms with Gasteiger partial charge in [-0.25, -0.2) is 0 Å². The van der Waals surface area contributed by atoms with Gasteiger partial charge in [0.2, 0.25) is 5.82 Å². The molecule has 0 aliphatic carbocycles. The minimum Gasteiger partial charge on any atom is -0.334 e. The van der Waals surface area contributed by atoms with Gasteiger partial charge in [-0.1, -0.05) is 29.4 Å². The summed E-state index contributed by atoms with van der Waals surface area (Å²) in [5.41, 5.74) is -2.01. The molecule has 0 N–H and O–H groups in total. The van der Waals surface area contributed by atoms with Crippen LogP contribution < -0.4 is 0 Å². The number of hydrogen-bond donors (Lipinski definition) is 0. The molecule has 0 saturated heterocycles. The summed E-state index contributed by atoms with van der Waals surface area (Å²) in [5, 5.41) is 3.66. The van der Waals surface area contributed by atoms with E-state index >= 15 is 0 Å². The zero-order chi connectivity index (χ0) is 19.1. The normalized spacial score (nSPS) is 12.4. The molecule has 0 radical (unpaired) electrons. The largest absolute Gasteiger partial charge is 0.416 e. The van der Waals surface area contributed by atoms with Gasteiger partial charge in [0.25, 0.3) is 5.89 Å². The SMILES string of the molecule is Cc1ccccc1-c1noc(-c2cc(C(F)(F)F)cc(C(F)(F)F)c2)n1. The van der Waals surface area contributed by atoms with Crippen LogP contribution in [0.1, 0.15) is 16.7 Å². The molecular formula is C17H10F6N2O. The van der Waals surface area contributed by atoms with Crippen LogP contribution in [0.4, 0.5) is 26.3 Å². The van der Waals surface area contributed by atoms with Crippen molar-refractivity contribution >= 4 is 0 Å². The molecule has 0 atom stereocenters. The average Bonchev–Trinajstić information content (AvgIpc) is 3.03. The van der Waals surface area contributed by atoms with Crippen molar-refractivity contribution in [3.05, 3.63) is 59.2 Å². The summed E-state index contributed by atoms with van der Waals surface area (Å²) in [5.74, 6) is -0.357. The van der Waals surface area contributed by atoms with Crippen LogP contribution in [0.25, 0.3) is 22.8 Å². The van der Waals surface area contributed by atoms with Crippen LogP contribution in [0.2, 0.25) is 0 Å². The Morgan fingerprint density at radius 2 is 1.42 bits per heavy atom. The minimum absolute atomic E-state index is 0.0438. The zero-order valence-electron chi connectivity index (χ0n) is 13.1. The fraction of sp³-hybridized carbons (Fsp3) is 0.176. The van der Waals surface area contributed by atoms with Crippen LogP contribution in [0.5, 0.6) is 0 Å². The van der Waals surface area contributed by atoms with Gasteiger partial charge in [-0.05, 0) is 30.7 Å². The van der Waals surface area contributed by atoms with Crippen molar-refractivity contribution in [2.75, 3.05) is 0 Å². The molecule has 0 unspecified atom stereocenters. The minimum atomic E-state index is -4.95. The molecule has 0 spiro atoms. The molecule has 0 bridgehead atoms. The van der Waals surface area contributed by atoms with E-state index in [1.165, 1.54) is 0 Å². The van der Waals surface area contributed by atoms with E-state index in [-0.39, 0.29) is 11.9 Å². The van der Waals surface area contributed by atoms with Crippen molar-refractivity contribution in [1.29, 1.82) is 0 Å². The molecule has 9 heteroatoms. The lowest BCUT2D eigenvalue weighted by Crippen LogP contribution is -2.11. The molecule has 26 heavy (non-hydrogen) atoms. The number of hydrogen-bond acceptors (Lipinski definition) is 3. The molecule has 0 aliphatic heterocycles. The maximum atomic E-state index is 12.9. The van der Waals surface area contributed by atoms with E-state index in [9.17, 15) is 26.3 Å². The molecule has 2 aromatic carbocycles. The maximum absolute atomic E-state index is 12.9. The van der Waals surface area contributed by atoms with Gasteiger partial charge in [0, 0.05) is 11.1 Å². The van der Waals surface area contributed by atoms with E-state index in [0.29, 0.717) is 17.7 Å². The summed E-state index contributed by atoms with van der Waals surface area (Å²) in [6, 6.07) is 8.03. The molecule has 0 amide bonds. The van der Waals surface area contributed by atoms with Crippen molar-refractivity contribution in [3.8, 4) is 22.8 Å². The van der Waals surface area contributed by atoms with Crippen LogP contribution >= 0.6 is 0 Å². The van der Waals surface area contributed by atoms with Gasteiger partial charge in [0.15, 0.2) is 0 Å². The van der Waals surface area contributed by atoms with E-state index < -0.39 is 34.9 Å². The quantitative estimate of drug-likeness (QED) is 0.538. The third-order valence-corrected chi connectivity index (χ3v) is 3.65. The third-order valence-electron chi connectivity index (χ3n) is 3.65. The lowest BCUT2D eigenvalue weighted by Gasteiger charge is -2.12. The molecule has 1 heterocycles. The Bertz CT molecular complexity index is 911. The molecule has 136 valence electrons. The Morgan fingerprint density at radius 3 is 1.96 bits per heavy atom. The van der Waals surface area contributed by atoms with E-state index in [1.54, 1.807) is 31.2 Å². The first-order valence-corrected chi connectivity index (χ1v) is 7.25. The number of halogens is 6. The molecule has 3 rings (SSSR count). The van der Waals surface area contributed by atoms with E-state index in [4.69, 9.17) is 4.52 Å². The highest BCUT2D eigenvalue weighted by molar-refractivity contribution is 5.63. The van der Waals surface area contributed by atoms with Gasteiger partial charge in [-0.3, -0.25) is 0 Å². The monoisotopic (exact) mass is 372 g/mol. The van der Waals surface area contributed by atoms with Crippen molar-refractivity contribution in [2.24, 2.45) is 0 Å². The Hall–Kier alpha value is -2.84. The predicted molar refractivity (Wildman–Crippen MR) is 79.9 cm³/mol. The van der Waals surface area contributed by atoms with Crippen LogP contribution in [0.15, 0.2) is 47.0 Å². The fourth-order valence-corrected chi connectivity index (χ4v) is 2.35. The fourth-order valence-electron chi connectivity index (χ4n) is 2.35. The average molecular weight is 372 g/mol. The highest BCUT2D eigenvalue weighted by atomic mass is 19.4. The predicted octanol–water partition coefficient (Wildman–Crippen LogP) is 5.75. The van der Waals surface area contributed by atoms with E-state index in [0.717, 1.165) is 5.56 Å². The van der Waals surface area contributed by atoms with Gasteiger partial charge < -0.3 is 4.52 Å². The van der Waals surface area contributed by atoms with Gasteiger partial charge >= 0.3 is 12.4 Å². The molecule has 3 aromatic rings. The van der Waals surface area contributed by atoms with E-state index in [1.807, 2.05) is 0 Å². The van der Waals surface area contributed by atoms with Crippen molar-refractivity contribution in [2.45, 2.75) is 19.3 Å². The Kier molecular flexibility index (Phi) is 4.25. The smallest absolute Gasteiger partial charge is 0.334 e. The van der Waals surface area contributed by atoms with Gasteiger partial charge in [-0.15, -0.1) is 0 Å². The number of benzene rings is 2. The Morgan fingerprint density at radius 1 is 0.846 bits per heavy atom. The van der Waals surface area contributed by atoms with E-state index in [2.05, 4.69) is 10.1 Å². The molecule has 3 nitrogen and oxygen atoms in total. The standard InChI is InChI=1S/C17H10F6N2O/c1-9-4-2-3-5-13(9)14-24-15(26-25-14)10-6-11(16(18,19)20)8-12(7-10)17(21,22)23/h2-8H,1H3. The molecule has 0 fully saturated rings. The number of nitrogens with zero attached hydrogens (tertiary/aromatic N) is 2. The van der Waals surface area contributed by atoms with Crippen LogP contribution in [0, 0.1) is 6.92 Å². The molecule has 1 aromatic heterocycles. The second-order valence-electron chi connectivity index (χ2n) is 5.53. The lowest BCUT2D eigenvalue weighted by atomic mass is 10.0. The summed E-state index contributed by atoms with van der Waals surface area (Å²) in [7, 11) is 0. The summed E-state index contributed by atoms with van der Waals surface area (Å²) in [6.45, 7) is 1.76.